The van der Waals surface area contributed by atoms with Gasteiger partial charge in [0.05, 0.1) is 5.02 Å². The fourth-order valence-electron chi connectivity index (χ4n) is 3.51. The third kappa shape index (κ3) is 2.88. The lowest BCUT2D eigenvalue weighted by atomic mass is 9.94. The second kappa shape index (κ2) is 6.09. The van der Waals surface area contributed by atoms with Crippen LogP contribution in [0.15, 0.2) is 22.7 Å². The zero-order chi connectivity index (χ0) is 15.0. The highest BCUT2D eigenvalue weighted by Crippen LogP contribution is 2.34. The summed E-state index contributed by atoms with van der Waals surface area (Å²) in [5, 5.41) is 0.536. The van der Waals surface area contributed by atoms with Crippen LogP contribution in [-0.2, 0) is 4.79 Å². The molecule has 0 bridgehead atoms. The van der Waals surface area contributed by atoms with Gasteiger partial charge in [-0.25, -0.2) is 0 Å². The Balaban J connectivity index is 1.82. The van der Waals surface area contributed by atoms with Gasteiger partial charge in [-0.1, -0.05) is 11.6 Å². The van der Waals surface area contributed by atoms with Gasteiger partial charge in [-0.15, -0.1) is 0 Å². The average Bonchev–Trinajstić information content (AvgIpc) is 3.09. The molecule has 2 unspecified atom stereocenters. The first-order chi connectivity index (χ1) is 10.1. The standard InChI is InChI=1S/C16H17BrClNO2/c17-12-7-6-10(9-13(12)18)16(21)19-8-2-4-14(19)11-3-1-5-15(11)20/h6-7,9,11,14H,1-5,8H2. The second-order valence-corrected chi connectivity index (χ2v) is 7.06. The van der Waals surface area contributed by atoms with Crippen LogP contribution >= 0.6 is 27.5 Å². The van der Waals surface area contributed by atoms with E-state index in [-0.39, 0.29) is 17.9 Å². The zero-order valence-electron chi connectivity index (χ0n) is 11.6. The molecule has 112 valence electrons. The Bertz CT molecular complexity index is 590. The summed E-state index contributed by atoms with van der Waals surface area (Å²) in [6, 6.07) is 5.35. The molecule has 2 atom stereocenters. The monoisotopic (exact) mass is 369 g/mol. The highest BCUT2D eigenvalue weighted by Gasteiger charge is 2.40. The Morgan fingerprint density at radius 3 is 2.76 bits per heavy atom. The summed E-state index contributed by atoms with van der Waals surface area (Å²) < 4.78 is 0.782. The third-order valence-electron chi connectivity index (χ3n) is 4.54. The van der Waals surface area contributed by atoms with Crippen molar-refractivity contribution in [3.63, 3.8) is 0 Å². The van der Waals surface area contributed by atoms with E-state index in [9.17, 15) is 9.59 Å². The van der Waals surface area contributed by atoms with Crippen molar-refractivity contribution < 1.29 is 9.59 Å². The Labute approximate surface area is 137 Å². The van der Waals surface area contributed by atoms with Crippen LogP contribution in [0.2, 0.25) is 5.02 Å². The number of carbonyl (C=O) groups excluding carboxylic acids is 2. The maximum Gasteiger partial charge on any atom is 0.254 e. The summed E-state index contributed by atoms with van der Waals surface area (Å²) in [5.74, 6) is 0.363. The predicted molar refractivity (Wildman–Crippen MR) is 85.6 cm³/mol. The number of Topliss-reactive ketones (excluding diaryl/α,β-unsaturated/α-hetero) is 1. The highest BCUT2D eigenvalue weighted by atomic mass is 79.9. The smallest absolute Gasteiger partial charge is 0.254 e. The van der Waals surface area contributed by atoms with Gasteiger partial charge in [-0.3, -0.25) is 9.59 Å². The lowest BCUT2D eigenvalue weighted by molar-refractivity contribution is -0.121. The SMILES string of the molecule is O=C1CCCC1C1CCCN1C(=O)c1ccc(Br)c(Cl)c1. The molecule has 0 radical (unpaired) electrons. The molecular weight excluding hydrogens is 354 g/mol. The van der Waals surface area contributed by atoms with Crippen LogP contribution in [0, 0.1) is 5.92 Å². The van der Waals surface area contributed by atoms with Crippen molar-refractivity contribution >= 4 is 39.2 Å². The van der Waals surface area contributed by atoms with E-state index in [1.54, 1.807) is 18.2 Å². The van der Waals surface area contributed by atoms with Gasteiger partial charge in [-0.2, -0.15) is 0 Å². The Kier molecular flexibility index (Phi) is 4.36. The van der Waals surface area contributed by atoms with Crippen molar-refractivity contribution in [2.45, 2.75) is 38.1 Å². The number of hydrogen-bond donors (Lipinski definition) is 0. The molecule has 1 aliphatic carbocycles. The fraction of sp³-hybridized carbons (Fsp3) is 0.500. The van der Waals surface area contributed by atoms with Gasteiger partial charge >= 0.3 is 0 Å². The van der Waals surface area contributed by atoms with E-state index in [0.29, 0.717) is 22.8 Å². The zero-order valence-corrected chi connectivity index (χ0v) is 14.0. The van der Waals surface area contributed by atoms with Crippen LogP contribution in [0.1, 0.15) is 42.5 Å². The first-order valence-electron chi connectivity index (χ1n) is 7.36. The van der Waals surface area contributed by atoms with E-state index in [2.05, 4.69) is 15.9 Å². The number of carbonyl (C=O) groups is 2. The molecule has 1 saturated heterocycles. The molecular formula is C16H17BrClNO2. The summed E-state index contributed by atoms with van der Waals surface area (Å²) in [7, 11) is 0. The van der Waals surface area contributed by atoms with E-state index in [4.69, 9.17) is 11.6 Å². The normalized spacial score (nSPS) is 25.6. The van der Waals surface area contributed by atoms with Crippen LogP contribution in [-0.4, -0.2) is 29.2 Å². The minimum atomic E-state index is -0.00778. The van der Waals surface area contributed by atoms with E-state index >= 15 is 0 Å². The lowest BCUT2D eigenvalue weighted by Gasteiger charge is -2.28. The quantitative estimate of drug-likeness (QED) is 0.787. The van der Waals surface area contributed by atoms with Crippen LogP contribution in [0.4, 0.5) is 0 Å². The maximum absolute atomic E-state index is 12.7. The fourth-order valence-corrected chi connectivity index (χ4v) is 3.93. The van der Waals surface area contributed by atoms with Gasteiger partial charge in [0.1, 0.15) is 5.78 Å². The maximum atomic E-state index is 12.7. The summed E-state index contributed by atoms with van der Waals surface area (Å²) in [6.45, 7) is 0.737. The van der Waals surface area contributed by atoms with Gasteiger partial charge < -0.3 is 4.90 Å². The number of ketones is 1. The predicted octanol–water partition coefficient (Wildman–Crippen LogP) is 4.08. The molecule has 5 heteroatoms. The second-order valence-electron chi connectivity index (χ2n) is 5.80. The summed E-state index contributed by atoms with van der Waals surface area (Å²) in [4.78, 5) is 26.6. The van der Waals surface area contributed by atoms with Crippen molar-refractivity contribution in [3.05, 3.63) is 33.3 Å². The van der Waals surface area contributed by atoms with E-state index < -0.39 is 0 Å². The van der Waals surface area contributed by atoms with Gasteiger partial charge in [0.2, 0.25) is 0 Å². The molecule has 0 spiro atoms. The molecule has 21 heavy (non-hydrogen) atoms. The van der Waals surface area contributed by atoms with Crippen molar-refractivity contribution in [2.24, 2.45) is 5.92 Å². The minimum absolute atomic E-state index is 0.00778. The van der Waals surface area contributed by atoms with Gasteiger partial charge in [0.25, 0.3) is 5.91 Å². The Morgan fingerprint density at radius 2 is 2.10 bits per heavy atom. The summed E-state index contributed by atoms with van der Waals surface area (Å²) >= 11 is 9.41. The largest absolute Gasteiger partial charge is 0.335 e. The number of nitrogens with zero attached hydrogens (tertiary/aromatic N) is 1. The van der Waals surface area contributed by atoms with Crippen LogP contribution in [0.25, 0.3) is 0 Å². The highest BCUT2D eigenvalue weighted by molar-refractivity contribution is 9.10. The molecule has 0 aromatic heterocycles. The van der Waals surface area contributed by atoms with E-state index in [1.165, 1.54) is 0 Å². The number of likely N-dealkylation sites (tertiary alicyclic amines) is 1. The topological polar surface area (TPSA) is 37.4 Å². The lowest BCUT2D eigenvalue weighted by Crippen LogP contribution is -2.41. The number of amides is 1. The average molecular weight is 371 g/mol. The van der Waals surface area contributed by atoms with Gasteiger partial charge in [0.15, 0.2) is 0 Å². The Hall–Kier alpha value is -0.870. The molecule has 1 aromatic rings. The number of rotatable bonds is 2. The molecule has 1 aromatic carbocycles. The summed E-state index contributed by atoms with van der Waals surface area (Å²) in [5.41, 5.74) is 0.598. The number of halogens is 2. The molecule has 1 heterocycles. The van der Waals surface area contributed by atoms with E-state index in [1.807, 2.05) is 4.90 Å². The number of benzene rings is 1. The van der Waals surface area contributed by atoms with Crippen LogP contribution < -0.4 is 0 Å². The summed E-state index contributed by atoms with van der Waals surface area (Å²) in [6.07, 6.45) is 4.48. The molecule has 3 nitrogen and oxygen atoms in total. The van der Waals surface area contributed by atoms with Gasteiger partial charge in [-0.05, 0) is 59.8 Å². The van der Waals surface area contributed by atoms with Gasteiger partial charge in [0, 0.05) is 35.0 Å². The molecule has 2 fully saturated rings. The van der Waals surface area contributed by atoms with Crippen molar-refractivity contribution in [1.82, 2.24) is 4.90 Å². The van der Waals surface area contributed by atoms with Crippen molar-refractivity contribution in [3.8, 4) is 0 Å². The first kappa shape index (κ1) is 15.0. The minimum Gasteiger partial charge on any atom is -0.335 e. The molecule has 1 saturated carbocycles. The molecule has 3 rings (SSSR count). The third-order valence-corrected chi connectivity index (χ3v) is 5.78. The molecule has 1 amide bonds. The van der Waals surface area contributed by atoms with Crippen molar-refractivity contribution in [1.29, 1.82) is 0 Å². The Morgan fingerprint density at radius 1 is 1.29 bits per heavy atom. The number of hydrogen-bond acceptors (Lipinski definition) is 2. The van der Waals surface area contributed by atoms with Crippen LogP contribution in [0.3, 0.4) is 0 Å². The molecule has 0 N–H and O–H groups in total. The first-order valence-corrected chi connectivity index (χ1v) is 8.54. The molecule has 1 aliphatic heterocycles. The van der Waals surface area contributed by atoms with E-state index in [0.717, 1.165) is 36.7 Å². The molecule has 2 aliphatic rings. The van der Waals surface area contributed by atoms with Crippen LogP contribution in [0.5, 0.6) is 0 Å². The van der Waals surface area contributed by atoms with Crippen molar-refractivity contribution in [2.75, 3.05) is 6.54 Å².